The van der Waals surface area contributed by atoms with E-state index in [-0.39, 0.29) is 0 Å². The van der Waals surface area contributed by atoms with Crippen molar-refractivity contribution >= 4 is 28.2 Å². The fourth-order valence-corrected chi connectivity index (χ4v) is 3.03. The third-order valence-electron chi connectivity index (χ3n) is 2.28. The molecule has 18 heavy (non-hydrogen) atoms. The van der Waals surface area contributed by atoms with Gasteiger partial charge in [0.05, 0.1) is 7.11 Å². The van der Waals surface area contributed by atoms with Crippen LogP contribution in [0.3, 0.4) is 0 Å². The lowest BCUT2D eigenvalue weighted by Crippen LogP contribution is -1.98. The summed E-state index contributed by atoms with van der Waals surface area (Å²) in [5, 5.41) is 12.3. The van der Waals surface area contributed by atoms with Crippen molar-refractivity contribution in [2.45, 2.75) is 17.8 Å². The second kappa shape index (κ2) is 6.61. The first-order chi connectivity index (χ1) is 8.81. The van der Waals surface area contributed by atoms with Gasteiger partial charge in [-0.3, -0.25) is 0 Å². The van der Waals surface area contributed by atoms with Gasteiger partial charge in [0.15, 0.2) is 4.34 Å². The second-order valence-corrected chi connectivity index (χ2v) is 6.00. The molecule has 0 spiro atoms. The molecule has 1 N–H and O–H groups in total. The highest BCUT2D eigenvalue weighted by atomic mass is 32.2. The molecule has 0 saturated carbocycles. The Morgan fingerprint density at radius 1 is 1.28 bits per heavy atom. The van der Waals surface area contributed by atoms with Crippen LogP contribution in [0.4, 0.5) is 5.13 Å². The largest absolute Gasteiger partial charge is 0.497 e. The highest BCUT2D eigenvalue weighted by Crippen LogP contribution is 2.25. The van der Waals surface area contributed by atoms with Crippen molar-refractivity contribution in [3.8, 4) is 5.75 Å². The van der Waals surface area contributed by atoms with Crippen molar-refractivity contribution in [3.05, 3.63) is 29.8 Å². The lowest BCUT2D eigenvalue weighted by Gasteiger charge is -2.03. The van der Waals surface area contributed by atoms with E-state index in [2.05, 4.69) is 22.4 Å². The monoisotopic (exact) mass is 281 g/mol. The molecule has 2 aromatic rings. The Kier molecular flexibility index (Phi) is 4.83. The zero-order valence-corrected chi connectivity index (χ0v) is 12.0. The van der Waals surface area contributed by atoms with Crippen molar-refractivity contribution < 1.29 is 4.74 Å². The maximum absolute atomic E-state index is 5.12. The summed E-state index contributed by atoms with van der Waals surface area (Å²) in [5.74, 6) is 1.89. The fourth-order valence-electron chi connectivity index (χ4n) is 1.38. The van der Waals surface area contributed by atoms with Gasteiger partial charge in [0.25, 0.3) is 0 Å². The number of rotatable bonds is 6. The van der Waals surface area contributed by atoms with Crippen LogP contribution < -0.4 is 10.1 Å². The molecular weight excluding hydrogens is 266 g/mol. The maximum Gasteiger partial charge on any atom is 0.206 e. The number of anilines is 1. The van der Waals surface area contributed by atoms with E-state index in [9.17, 15) is 0 Å². The molecule has 0 aliphatic heterocycles. The first kappa shape index (κ1) is 13.2. The van der Waals surface area contributed by atoms with E-state index >= 15 is 0 Å². The molecule has 6 heteroatoms. The topological polar surface area (TPSA) is 47.0 Å². The van der Waals surface area contributed by atoms with Gasteiger partial charge in [0.1, 0.15) is 5.75 Å². The molecule has 2 rings (SSSR count). The van der Waals surface area contributed by atoms with Gasteiger partial charge in [0, 0.05) is 6.54 Å². The molecule has 0 amide bonds. The van der Waals surface area contributed by atoms with Gasteiger partial charge in [-0.05, 0) is 23.4 Å². The lowest BCUT2D eigenvalue weighted by atomic mass is 10.2. The van der Waals surface area contributed by atoms with Gasteiger partial charge in [-0.25, -0.2) is 0 Å². The van der Waals surface area contributed by atoms with Crippen LogP contribution in [0.5, 0.6) is 5.75 Å². The molecule has 1 aromatic heterocycles. The van der Waals surface area contributed by atoms with E-state index in [4.69, 9.17) is 4.74 Å². The SMILES string of the molecule is CCSc1nnc(NCc2ccc(OC)cc2)s1. The zero-order valence-electron chi connectivity index (χ0n) is 10.3. The molecule has 1 heterocycles. The smallest absolute Gasteiger partial charge is 0.206 e. The fraction of sp³-hybridized carbons (Fsp3) is 0.333. The molecule has 0 atom stereocenters. The van der Waals surface area contributed by atoms with Crippen LogP contribution in [0.15, 0.2) is 28.6 Å². The number of hydrogen-bond acceptors (Lipinski definition) is 6. The van der Waals surface area contributed by atoms with Gasteiger partial charge in [0.2, 0.25) is 5.13 Å². The standard InChI is InChI=1S/C12H15N3OS2/c1-3-17-12-15-14-11(18-12)13-8-9-4-6-10(16-2)7-5-9/h4-7H,3,8H2,1-2H3,(H,13,14). The second-order valence-electron chi connectivity index (χ2n) is 3.51. The molecular formula is C12H15N3OS2. The van der Waals surface area contributed by atoms with E-state index in [1.165, 1.54) is 5.56 Å². The Morgan fingerprint density at radius 2 is 2.06 bits per heavy atom. The summed E-state index contributed by atoms with van der Waals surface area (Å²) in [6.07, 6.45) is 0. The number of hydrogen-bond donors (Lipinski definition) is 1. The highest BCUT2D eigenvalue weighted by molar-refractivity contribution is 8.01. The van der Waals surface area contributed by atoms with Gasteiger partial charge in [-0.2, -0.15) is 0 Å². The van der Waals surface area contributed by atoms with Gasteiger partial charge >= 0.3 is 0 Å². The maximum atomic E-state index is 5.12. The third-order valence-corrected chi connectivity index (χ3v) is 4.17. The van der Waals surface area contributed by atoms with Crippen LogP contribution in [0, 0.1) is 0 Å². The highest BCUT2D eigenvalue weighted by Gasteiger charge is 2.03. The Morgan fingerprint density at radius 3 is 2.72 bits per heavy atom. The Bertz CT molecular complexity index is 484. The molecule has 96 valence electrons. The number of ether oxygens (including phenoxy) is 1. The lowest BCUT2D eigenvalue weighted by molar-refractivity contribution is 0.414. The predicted molar refractivity (Wildman–Crippen MR) is 76.6 cm³/mol. The Balaban J connectivity index is 1.89. The zero-order chi connectivity index (χ0) is 12.8. The Labute approximate surface area is 115 Å². The van der Waals surface area contributed by atoms with E-state index in [0.717, 1.165) is 27.5 Å². The molecule has 0 fully saturated rings. The molecule has 0 aliphatic carbocycles. The first-order valence-corrected chi connectivity index (χ1v) is 7.45. The molecule has 0 aliphatic rings. The van der Waals surface area contributed by atoms with E-state index in [1.807, 2.05) is 24.3 Å². The van der Waals surface area contributed by atoms with E-state index < -0.39 is 0 Å². The number of methoxy groups -OCH3 is 1. The van der Waals surface area contributed by atoms with Crippen LogP contribution in [-0.4, -0.2) is 23.1 Å². The molecule has 0 unspecified atom stereocenters. The minimum absolute atomic E-state index is 0.745. The molecule has 0 bridgehead atoms. The van der Waals surface area contributed by atoms with E-state index in [1.54, 1.807) is 30.2 Å². The van der Waals surface area contributed by atoms with Crippen LogP contribution in [0.2, 0.25) is 0 Å². The van der Waals surface area contributed by atoms with Crippen molar-refractivity contribution in [1.82, 2.24) is 10.2 Å². The number of aromatic nitrogens is 2. The molecule has 0 saturated heterocycles. The first-order valence-electron chi connectivity index (χ1n) is 5.65. The minimum atomic E-state index is 0.745. The minimum Gasteiger partial charge on any atom is -0.497 e. The molecule has 4 nitrogen and oxygen atoms in total. The van der Waals surface area contributed by atoms with Gasteiger partial charge < -0.3 is 10.1 Å². The third kappa shape index (κ3) is 3.61. The summed E-state index contributed by atoms with van der Waals surface area (Å²) >= 11 is 3.30. The van der Waals surface area contributed by atoms with Crippen LogP contribution in [0.1, 0.15) is 12.5 Å². The van der Waals surface area contributed by atoms with Crippen molar-refractivity contribution in [2.75, 3.05) is 18.2 Å². The van der Waals surface area contributed by atoms with Crippen LogP contribution in [-0.2, 0) is 6.54 Å². The summed E-state index contributed by atoms with van der Waals surface area (Å²) in [6, 6.07) is 7.98. The summed E-state index contributed by atoms with van der Waals surface area (Å²) in [7, 11) is 1.67. The molecule has 1 aromatic carbocycles. The molecule has 0 radical (unpaired) electrons. The van der Waals surface area contributed by atoms with Crippen LogP contribution in [0.25, 0.3) is 0 Å². The van der Waals surface area contributed by atoms with Crippen molar-refractivity contribution in [2.24, 2.45) is 0 Å². The predicted octanol–water partition coefficient (Wildman–Crippen LogP) is 3.27. The average molecular weight is 281 g/mol. The Hall–Kier alpha value is -1.27. The quantitative estimate of drug-likeness (QED) is 0.823. The van der Waals surface area contributed by atoms with Gasteiger partial charge in [-0.15, -0.1) is 10.2 Å². The average Bonchev–Trinajstić information content (AvgIpc) is 2.85. The number of thioether (sulfide) groups is 1. The number of benzene rings is 1. The summed E-state index contributed by atoms with van der Waals surface area (Å²) < 4.78 is 6.13. The van der Waals surface area contributed by atoms with E-state index in [0.29, 0.717) is 0 Å². The summed E-state index contributed by atoms with van der Waals surface area (Å²) in [5.41, 5.74) is 1.19. The van der Waals surface area contributed by atoms with Crippen LogP contribution >= 0.6 is 23.1 Å². The number of nitrogens with zero attached hydrogens (tertiary/aromatic N) is 2. The van der Waals surface area contributed by atoms with Crippen molar-refractivity contribution in [3.63, 3.8) is 0 Å². The number of nitrogens with one attached hydrogen (secondary N) is 1. The summed E-state index contributed by atoms with van der Waals surface area (Å²) in [4.78, 5) is 0. The normalized spacial score (nSPS) is 10.3. The summed E-state index contributed by atoms with van der Waals surface area (Å²) in [6.45, 7) is 2.85. The van der Waals surface area contributed by atoms with Crippen molar-refractivity contribution in [1.29, 1.82) is 0 Å². The van der Waals surface area contributed by atoms with Gasteiger partial charge in [-0.1, -0.05) is 42.2 Å².